The van der Waals surface area contributed by atoms with Gasteiger partial charge in [-0.25, -0.2) is 4.99 Å². The van der Waals surface area contributed by atoms with Crippen molar-refractivity contribution in [2.45, 2.75) is 19.4 Å². The third-order valence-electron chi connectivity index (χ3n) is 2.59. The first-order valence-corrected chi connectivity index (χ1v) is 5.43. The molecule has 0 bridgehead atoms. The van der Waals surface area contributed by atoms with Gasteiger partial charge >= 0.3 is 0 Å². The maximum absolute atomic E-state index is 8.72. The summed E-state index contributed by atoms with van der Waals surface area (Å²) in [6, 6.07) is 12.4. The second-order valence-corrected chi connectivity index (χ2v) is 3.99. The lowest BCUT2D eigenvalue weighted by Gasteiger charge is -2.03. The second-order valence-electron chi connectivity index (χ2n) is 3.99. The van der Waals surface area contributed by atoms with Crippen LogP contribution in [0.2, 0.25) is 0 Å². The monoisotopic (exact) mass is 214 g/mol. The van der Waals surface area contributed by atoms with Crippen LogP contribution in [0.15, 0.2) is 35.3 Å². The number of rotatable bonds is 3. The Kier molecular flexibility index (Phi) is 3.21. The maximum Gasteiger partial charge on any atom is 0.185 e. The normalized spacial score (nSPS) is 20.8. The highest BCUT2D eigenvalue weighted by Gasteiger charge is 2.21. The Morgan fingerprint density at radius 2 is 2.25 bits per heavy atom. The molecule has 1 aliphatic rings. The van der Waals surface area contributed by atoms with E-state index in [2.05, 4.69) is 11.1 Å². The number of ether oxygens (including phenoxy) is 1. The van der Waals surface area contributed by atoms with Gasteiger partial charge in [-0.05, 0) is 12.5 Å². The minimum atomic E-state index is -0.0340. The third kappa shape index (κ3) is 2.40. The van der Waals surface area contributed by atoms with Gasteiger partial charge in [0.15, 0.2) is 5.90 Å². The van der Waals surface area contributed by atoms with E-state index < -0.39 is 0 Å². The molecule has 16 heavy (non-hydrogen) atoms. The summed E-state index contributed by atoms with van der Waals surface area (Å²) in [5.74, 6) is 0.677. The highest BCUT2D eigenvalue weighted by molar-refractivity contribution is 5.78. The minimum Gasteiger partial charge on any atom is -0.478 e. The molecule has 0 spiro atoms. The van der Waals surface area contributed by atoms with Crippen molar-refractivity contribution in [3.8, 4) is 6.07 Å². The molecule has 3 heteroatoms. The van der Waals surface area contributed by atoms with E-state index in [-0.39, 0.29) is 12.0 Å². The van der Waals surface area contributed by atoms with Crippen molar-refractivity contribution in [3.05, 3.63) is 35.9 Å². The Labute approximate surface area is 95.4 Å². The van der Waals surface area contributed by atoms with Crippen LogP contribution in [0.1, 0.15) is 24.9 Å². The van der Waals surface area contributed by atoms with Crippen molar-refractivity contribution in [2.75, 3.05) is 6.61 Å². The fraction of sp³-hybridized carbons (Fsp3) is 0.385. The van der Waals surface area contributed by atoms with Crippen LogP contribution in [-0.2, 0) is 4.74 Å². The van der Waals surface area contributed by atoms with Crippen LogP contribution in [0.5, 0.6) is 0 Å². The summed E-state index contributed by atoms with van der Waals surface area (Å²) in [5.41, 5.74) is 1.17. The molecule has 0 saturated carbocycles. The summed E-state index contributed by atoms with van der Waals surface area (Å²) < 4.78 is 5.49. The molecule has 2 rings (SSSR count). The Balaban J connectivity index is 2.04. The quantitative estimate of drug-likeness (QED) is 0.776. The largest absolute Gasteiger partial charge is 0.478 e. The van der Waals surface area contributed by atoms with Gasteiger partial charge in [-0.2, -0.15) is 5.26 Å². The average molecular weight is 214 g/mol. The molecule has 1 unspecified atom stereocenters. The number of nitrogens with zero attached hydrogens (tertiary/aromatic N) is 2. The first kappa shape index (κ1) is 10.7. The maximum atomic E-state index is 8.72. The fourth-order valence-corrected chi connectivity index (χ4v) is 1.69. The van der Waals surface area contributed by atoms with Gasteiger partial charge in [-0.1, -0.05) is 30.3 Å². The van der Waals surface area contributed by atoms with Crippen molar-refractivity contribution >= 4 is 5.90 Å². The van der Waals surface area contributed by atoms with E-state index in [0.29, 0.717) is 18.9 Å². The molecule has 1 heterocycles. The zero-order valence-corrected chi connectivity index (χ0v) is 9.26. The molecule has 0 aliphatic carbocycles. The molecule has 0 N–H and O–H groups in total. The van der Waals surface area contributed by atoms with Gasteiger partial charge in [0.25, 0.3) is 0 Å². The smallest absolute Gasteiger partial charge is 0.185 e. The van der Waals surface area contributed by atoms with Gasteiger partial charge in [0, 0.05) is 6.42 Å². The number of hydrogen-bond acceptors (Lipinski definition) is 3. The SMILES string of the molecule is CC(C#N)CC1=N[C@H](c2ccccc2)CO1. The van der Waals surface area contributed by atoms with Crippen molar-refractivity contribution in [1.29, 1.82) is 5.26 Å². The van der Waals surface area contributed by atoms with E-state index in [1.54, 1.807) is 0 Å². The standard InChI is InChI=1S/C13H14N2O/c1-10(8-14)7-13-15-12(9-16-13)11-5-3-2-4-6-11/h2-6,10,12H,7,9H2,1H3/t10?,12-/m0/s1. The van der Waals surface area contributed by atoms with Crippen LogP contribution in [0, 0.1) is 17.2 Å². The molecule has 1 aromatic rings. The van der Waals surface area contributed by atoms with Gasteiger partial charge in [0.1, 0.15) is 12.6 Å². The van der Waals surface area contributed by atoms with Crippen molar-refractivity contribution in [1.82, 2.24) is 0 Å². The Morgan fingerprint density at radius 3 is 2.94 bits per heavy atom. The van der Waals surface area contributed by atoms with Crippen molar-refractivity contribution in [3.63, 3.8) is 0 Å². The highest BCUT2D eigenvalue weighted by Crippen LogP contribution is 2.24. The third-order valence-corrected chi connectivity index (χ3v) is 2.59. The number of nitriles is 1. The van der Waals surface area contributed by atoms with E-state index in [4.69, 9.17) is 10.00 Å². The highest BCUT2D eigenvalue weighted by atomic mass is 16.5. The van der Waals surface area contributed by atoms with E-state index in [9.17, 15) is 0 Å². The van der Waals surface area contributed by atoms with Gasteiger partial charge in [0.2, 0.25) is 0 Å². The Hall–Kier alpha value is -1.82. The molecule has 0 radical (unpaired) electrons. The fourth-order valence-electron chi connectivity index (χ4n) is 1.69. The van der Waals surface area contributed by atoms with Crippen molar-refractivity contribution in [2.24, 2.45) is 10.9 Å². The first-order valence-electron chi connectivity index (χ1n) is 5.43. The summed E-state index contributed by atoms with van der Waals surface area (Å²) in [7, 11) is 0. The summed E-state index contributed by atoms with van der Waals surface area (Å²) in [5, 5.41) is 8.72. The molecule has 82 valence electrons. The van der Waals surface area contributed by atoms with Gasteiger partial charge in [0.05, 0.1) is 12.0 Å². The molecule has 2 atom stereocenters. The predicted octanol–water partition coefficient (Wildman–Crippen LogP) is 2.71. The Morgan fingerprint density at radius 1 is 1.50 bits per heavy atom. The molecular formula is C13H14N2O. The minimum absolute atomic E-state index is 0.0340. The van der Waals surface area contributed by atoms with E-state index in [1.807, 2.05) is 37.3 Å². The molecule has 1 aromatic carbocycles. The van der Waals surface area contributed by atoms with Crippen LogP contribution in [0.25, 0.3) is 0 Å². The predicted molar refractivity (Wildman–Crippen MR) is 62.0 cm³/mol. The van der Waals surface area contributed by atoms with E-state index in [1.165, 1.54) is 5.56 Å². The first-order chi connectivity index (χ1) is 7.79. The van der Waals surface area contributed by atoms with Crippen molar-refractivity contribution < 1.29 is 4.74 Å². The lowest BCUT2D eigenvalue weighted by atomic mass is 10.1. The Bertz CT molecular complexity index is 419. The van der Waals surface area contributed by atoms with E-state index in [0.717, 1.165) is 0 Å². The van der Waals surface area contributed by atoms with Crippen LogP contribution < -0.4 is 0 Å². The van der Waals surface area contributed by atoms with Crippen LogP contribution in [0.4, 0.5) is 0 Å². The number of hydrogen-bond donors (Lipinski definition) is 0. The molecule has 0 aromatic heterocycles. The lowest BCUT2D eigenvalue weighted by Crippen LogP contribution is -2.04. The van der Waals surface area contributed by atoms with Gasteiger partial charge in [-0.15, -0.1) is 0 Å². The zero-order chi connectivity index (χ0) is 11.4. The molecule has 3 nitrogen and oxygen atoms in total. The summed E-state index contributed by atoms with van der Waals surface area (Å²) in [4.78, 5) is 4.49. The van der Waals surface area contributed by atoms with Gasteiger partial charge < -0.3 is 4.74 Å². The average Bonchev–Trinajstić information content (AvgIpc) is 2.78. The summed E-state index contributed by atoms with van der Waals surface area (Å²) >= 11 is 0. The molecular weight excluding hydrogens is 200 g/mol. The molecule has 1 aliphatic heterocycles. The topological polar surface area (TPSA) is 45.4 Å². The van der Waals surface area contributed by atoms with Crippen LogP contribution >= 0.6 is 0 Å². The molecule has 0 amide bonds. The number of aliphatic imine (C=N–C) groups is 1. The number of benzene rings is 1. The summed E-state index contributed by atoms with van der Waals surface area (Å²) in [6.07, 6.45) is 0.611. The van der Waals surface area contributed by atoms with Crippen LogP contribution in [-0.4, -0.2) is 12.5 Å². The second kappa shape index (κ2) is 4.80. The lowest BCUT2D eigenvalue weighted by molar-refractivity contribution is 0.309. The molecule has 0 fully saturated rings. The zero-order valence-electron chi connectivity index (χ0n) is 9.26. The van der Waals surface area contributed by atoms with Crippen LogP contribution in [0.3, 0.4) is 0 Å². The van der Waals surface area contributed by atoms with E-state index >= 15 is 0 Å². The summed E-state index contributed by atoms with van der Waals surface area (Å²) in [6.45, 7) is 2.47. The molecule has 0 saturated heterocycles. The van der Waals surface area contributed by atoms with Gasteiger partial charge in [-0.3, -0.25) is 0 Å².